The number of rotatable bonds is 13. The molecule has 0 aliphatic carbocycles. The van der Waals surface area contributed by atoms with E-state index in [0.717, 1.165) is 0 Å². The summed E-state index contributed by atoms with van der Waals surface area (Å²) in [7, 11) is 0. The number of nitrogens with one attached hydrogen (secondary N) is 1. The predicted molar refractivity (Wildman–Crippen MR) is 88.8 cm³/mol. The van der Waals surface area contributed by atoms with Crippen LogP contribution in [-0.2, 0) is 0 Å². The van der Waals surface area contributed by atoms with Gasteiger partial charge in [-0.3, -0.25) is 0 Å². The molecule has 0 aromatic rings. The van der Waals surface area contributed by atoms with Gasteiger partial charge >= 0.3 is 0 Å². The first-order valence-corrected chi connectivity index (χ1v) is 8.81. The Hall–Kier alpha value is -0.0400. The van der Waals surface area contributed by atoms with Crippen LogP contribution < -0.4 is 5.32 Å². The predicted octanol–water partition coefficient (Wildman–Crippen LogP) is 6.07. The molecule has 0 bridgehead atoms. The van der Waals surface area contributed by atoms with Crippen molar-refractivity contribution in [1.29, 1.82) is 0 Å². The van der Waals surface area contributed by atoms with Gasteiger partial charge < -0.3 is 5.32 Å². The van der Waals surface area contributed by atoms with Crippen molar-refractivity contribution < 1.29 is 0 Å². The molecule has 0 rings (SSSR count). The van der Waals surface area contributed by atoms with E-state index in [0.29, 0.717) is 11.6 Å². The van der Waals surface area contributed by atoms with E-state index in [2.05, 4.69) is 39.9 Å². The molecule has 0 saturated heterocycles. The Bertz CT molecular complexity index is 188. The van der Waals surface area contributed by atoms with Crippen molar-refractivity contribution in [2.75, 3.05) is 0 Å². The summed E-state index contributed by atoms with van der Waals surface area (Å²) >= 11 is 0. The normalized spacial score (nSPS) is 14.8. The van der Waals surface area contributed by atoms with E-state index in [-0.39, 0.29) is 0 Å². The molecular weight excluding hydrogens is 230 g/mol. The van der Waals surface area contributed by atoms with Gasteiger partial charge in [0.2, 0.25) is 0 Å². The lowest BCUT2D eigenvalue weighted by molar-refractivity contribution is 0.267. The van der Waals surface area contributed by atoms with E-state index in [9.17, 15) is 0 Å². The smallest absolute Gasteiger partial charge is 0.0155 e. The number of unbranched alkanes of at least 4 members (excludes halogenated alkanes) is 7. The molecule has 0 amide bonds. The number of hydrogen-bond donors (Lipinski definition) is 1. The highest BCUT2D eigenvalue weighted by Crippen LogP contribution is 2.23. The van der Waals surface area contributed by atoms with E-state index < -0.39 is 0 Å². The molecule has 0 aromatic heterocycles. The molecule has 1 N–H and O–H groups in total. The van der Waals surface area contributed by atoms with Crippen LogP contribution in [-0.4, -0.2) is 11.6 Å². The van der Waals surface area contributed by atoms with Crippen molar-refractivity contribution in [3.05, 3.63) is 0 Å². The molecule has 19 heavy (non-hydrogen) atoms. The second-order valence-electron chi connectivity index (χ2n) is 6.83. The highest BCUT2D eigenvalue weighted by Gasteiger charge is 2.23. The second-order valence-corrected chi connectivity index (χ2v) is 6.83. The Morgan fingerprint density at radius 1 is 0.737 bits per heavy atom. The molecule has 1 unspecified atom stereocenters. The van der Waals surface area contributed by atoms with Crippen LogP contribution in [0.3, 0.4) is 0 Å². The lowest BCUT2D eigenvalue weighted by Crippen LogP contribution is -2.46. The van der Waals surface area contributed by atoms with Crippen LogP contribution in [0, 0.1) is 0 Å². The Balaban J connectivity index is 3.96. The van der Waals surface area contributed by atoms with Crippen molar-refractivity contribution in [2.45, 2.75) is 117 Å². The monoisotopic (exact) mass is 269 g/mol. The standard InChI is InChI=1S/C18H39N/c1-6-8-10-12-14-16-18(5,19-17(3)4)15-13-11-9-7-2/h17,19H,6-16H2,1-5H3. The van der Waals surface area contributed by atoms with Gasteiger partial charge in [0.05, 0.1) is 0 Å². The molecule has 0 aliphatic heterocycles. The third kappa shape index (κ3) is 11.5. The summed E-state index contributed by atoms with van der Waals surface area (Å²) in [6.45, 7) is 11.6. The van der Waals surface area contributed by atoms with Crippen LogP contribution in [0.15, 0.2) is 0 Å². The maximum atomic E-state index is 3.82. The summed E-state index contributed by atoms with van der Waals surface area (Å²) in [5, 5.41) is 3.82. The average molecular weight is 270 g/mol. The maximum Gasteiger partial charge on any atom is 0.0155 e. The molecule has 0 aromatic carbocycles. The molecule has 1 nitrogen and oxygen atoms in total. The molecule has 1 atom stereocenters. The van der Waals surface area contributed by atoms with Crippen LogP contribution >= 0.6 is 0 Å². The van der Waals surface area contributed by atoms with Crippen LogP contribution in [0.5, 0.6) is 0 Å². The zero-order valence-corrected chi connectivity index (χ0v) is 14.4. The lowest BCUT2D eigenvalue weighted by atomic mass is 9.87. The Labute approximate surface area is 122 Å². The fraction of sp³-hybridized carbons (Fsp3) is 1.00. The highest BCUT2D eigenvalue weighted by molar-refractivity contribution is 4.84. The molecule has 0 aliphatic rings. The maximum absolute atomic E-state index is 3.82. The summed E-state index contributed by atoms with van der Waals surface area (Å²) in [5.41, 5.74) is 0.369. The summed E-state index contributed by atoms with van der Waals surface area (Å²) in [5.74, 6) is 0. The van der Waals surface area contributed by atoms with Gasteiger partial charge in [-0.1, -0.05) is 85.5 Å². The van der Waals surface area contributed by atoms with E-state index in [1.165, 1.54) is 70.6 Å². The molecule has 116 valence electrons. The zero-order chi connectivity index (χ0) is 14.6. The first-order valence-electron chi connectivity index (χ1n) is 8.81. The summed E-state index contributed by atoms with van der Waals surface area (Å²) < 4.78 is 0. The molecule has 1 heteroatoms. The topological polar surface area (TPSA) is 12.0 Å². The van der Waals surface area contributed by atoms with Crippen molar-refractivity contribution >= 4 is 0 Å². The minimum absolute atomic E-state index is 0.369. The summed E-state index contributed by atoms with van der Waals surface area (Å²) in [6.07, 6.45) is 15.2. The Kier molecular flexibility index (Phi) is 11.7. The van der Waals surface area contributed by atoms with Crippen LogP contribution in [0.2, 0.25) is 0 Å². The van der Waals surface area contributed by atoms with Gasteiger partial charge in [0.25, 0.3) is 0 Å². The summed E-state index contributed by atoms with van der Waals surface area (Å²) in [6, 6.07) is 0.604. The fourth-order valence-electron chi connectivity index (χ4n) is 3.03. The third-order valence-electron chi connectivity index (χ3n) is 4.05. The minimum atomic E-state index is 0.369. The first kappa shape index (κ1) is 19.0. The zero-order valence-electron chi connectivity index (χ0n) is 14.4. The second kappa shape index (κ2) is 11.8. The van der Waals surface area contributed by atoms with Crippen LogP contribution in [0.25, 0.3) is 0 Å². The van der Waals surface area contributed by atoms with Crippen molar-refractivity contribution in [3.63, 3.8) is 0 Å². The number of hydrogen-bond acceptors (Lipinski definition) is 1. The van der Waals surface area contributed by atoms with E-state index >= 15 is 0 Å². The largest absolute Gasteiger partial charge is 0.309 e. The minimum Gasteiger partial charge on any atom is -0.309 e. The van der Waals surface area contributed by atoms with Gasteiger partial charge in [-0.2, -0.15) is 0 Å². The highest BCUT2D eigenvalue weighted by atomic mass is 15.0. The van der Waals surface area contributed by atoms with Crippen LogP contribution in [0.1, 0.15) is 105 Å². The molecule has 0 spiro atoms. The molecule has 0 fully saturated rings. The van der Waals surface area contributed by atoms with Crippen molar-refractivity contribution in [1.82, 2.24) is 5.32 Å². The molecule has 0 heterocycles. The van der Waals surface area contributed by atoms with Crippen LogP contribution in [0.4, 0.5) is 0 Å². The third-order valence-corrected chi connectivity index (χ3v) is 4.05. The van der Waals surface area contributed by atoms with E-state index in [1.807, 2.05) is 0 Å². The van der Waals surface area contributed by atoms with Crippen molar-refractivity contribution in [2.24, 2.45) is 0 Å². The van der Waals surface area contributed by atoms with Gasteiger partial charge in [-0.25, -0.2) is 0 Å². The van der Waals surface area contributed by atoms with Gasteiger partial charge in [0.15, 0.2) is 0 Å². The van der Waals surface area contributed by atoms with Crippen molar-refractivity contribution in [3.8, 4) is 0 Å². The van der Waals surface area contributed by atoms with Gasteiger partial charge in [-0.15, -0.1) is 0 Å². The Morgan fingerprint density at radius 2 is 1.16 bits per heavy atom. The van der Waals surface area contributed by atoms with E-state index in [4.69, 9.17) is 0 Å². The molecule has 0 radical (unpaired) electrons. The molecular formula is C18H39N. The van der Waals surface area contributed by atoms with Gasteiger partial charge in [0, 0.05) is 11.6 Å². The first-order chi connectivity index (χ1) is 9.04. The van der Waals surface area contributed by atoms with Gasteiger partial charge in [-0.05, 0) is 19.8 Å². The summed E-state index contributed by atoms with van der Waals surface area (Å²) in [4.78, 5) is 0. The van der Waals surface area contributed by atoms with Gasteiger partial charge in [0.1, 0.15) is 0 Å². The van der Waals surface area contributed by atoms with E-state index in [1.54, 1.807) is 0 Å². The molecule has 0 saturated carbocycles. The Morgan fingerprint density at radius 3 is 1.58 bits per heavy atom. The average Bonchev–Trinajstić information content (AvgIpc) is 2.34. The SMILES string of the molecule is CCCCCCCC(C)(CCCCCC)NC(C)C. The lowest BCUT2D eigenvalue weighted by Gasteiger charge is -2.33. The quantitative estimate of drug-likeness (QED) is 0.400. The fourth-order valence-corrected chi connectivity index (χ4v) is 3.03.